The van der Waals surface area contributed by atoms with Gasteiger partial charge >= 0.3 is 11.9 Å². The van der Waals surface area contributed by atoms with Gasteiger partial charge in [-0.05, 0) is 17.7 Å². The first kappa shape index (κ1) is 16.4. The Morgan fingerprint density at radius 3 is 2.30 bits per heavy atom. The van der Waals surface area contributed by atoms with E-state index in [1.807, 2.05) is 0 Å². The molecule has 0 saturated carbocycles. The number of primary amides is 1. The van der Waals surface area contributed by atoms with Crippen molar-refractivity contribution in [2.45, 2.75) is 12.3 Å². The quantitative estimate of drug-likeness (QED) is 0.649. The summed E-state index contributed by atoms with van der Waals surface area (Å²) in [7, 11) is 0. The minimum Gasteiger partial charge on any atom is -0.379 e. The fourth-order valence-electron chi connectivity index (χ4n) is 1.80. The number of carbonyl (C=O) groups excluding carboxylic acids is 1. The molecule has 0 aliphatic carbocycles. The van der Waals surface area contributed by atoms with E-state index in [9.17, 15) is 28.1 Å². The second-order valence-corrected chi connectivity index (χ2v) is 4.46. The van der Waals surface area contributed by atoms with E-state index in [0.29, 0.717) is 0 Å². The number of alkyl halides is 3. The van der Waals surface area contributed by atoms with E-state index >= 15 is 0 Å². The maximum atomic E-state index is 12.4. The molecule has 1 aromatic carbocycles. The topological polar surface area (TPSA) is 124 Å². The van der Waals surface area contributed by atoms with Gasteiger partial charge < -0.3 is 10.8 Å². The summed E-state index contributed by atoms with van der Waals surface area (Å²) in [4.78, 5) is 21.1. The van der Waals surface area contributed by atoms with Crippen LogP contribution in [0.4, 0.5) is 18.9 Å². The highest BCUT2D eigenvalue weighted by Gasteiger charge is 2.39. The van der Waals surface area contributed by atoms with E-state index in [2.05, 4.69) is 5.10 Å². The van der Waals surface area contributed by atoms with Crippen molar-refractivity contribution in [2.75, 3.05) is 0 Å². The number of nitro groups is 1. The molecule has 11 heteroatoms. The lowest BCUT2D eigenvalue weighted by Crippen LogP contribution is -2.20. The fraction of sp³-hybridized carbons (Fsp3) is 0.167. The van der Waals surface area contributed by atoms with Crippen molar-refractivity contribution in [3.63, 3.8) is 0 Å². The molecular formula is C12H9F3N4O4. The molecule has 23 heavy (non-hydrogen) atoms. The van der Waals surface area contributed by atoms with Crippen LogP contribution in [-0.2, 0) is 0 Å². The molecule has 0 radical (unpaired) electrons. The summed E-state index contributed by atoms with van der Waals surface area (Å²) in [5, 5.41) is 23.6. The van der Waals surface area contributed by atoms with Gasteiger partial charge in [0.25, 0.3) is 5.91 Å². The first-order chi connectivity index (χ1) is 10.6. The number of halogens is 3. The largest absolute Gasteiger partial charge is 0.418 e. The first-order valence-electron chi connectivity index (χ1n) is 6.00. The van der Waals surface area contributed by atoms with E-state index in [0.717, 1.165) is 35.1 Å². The van der Waals surface area contributed by atoms with E-state index in [1.165, 1.54) is 0 Å². The highest BCUT2D eigenvalue weighted by atomic mass is 19.4. The molecule has 0 spiro atoms. The van der Waals surface area contributed by atoms with Gasteiger partial charge in [0.1, 0.15) is 6.20 Å². The van der Waals surface area contributed by atoms with Crippen molar-refractivity contribution in [3.8, 4) is 5.69 Å². The third-order valence-corrected chi connectivity index (χ3v) is 2.91. The third kappa shape index (κ3) is 3.29. The van der Waals surface area contributed by atoms with Crippen LogP contribution in [0.2, 0.25) is 0 Å². The fourth-order valence-corrected chi connectivity index (χ4v) is 1.80. The predicted octanol–water partition coefficient (Wildman–Crippen LogP) is 1.48. The third-order valence-electron chi connectivity index (χ3n) is 2.91. The van der Waals surface area contributed by atoms with Crippen molar-refractivity contribution in [3.05, 3.63) is 51.8 Å². The second-order valence-electron chi connectivity index (χ2n) is 4.46. The Bertz CT molecular complexity index is 723. The molecule has 2 aromatic rings. The Balaban J connectivity index is 2.39. The first-order valence-corrected chi connectivity index (χ1v) is 6.00. The van der Waals surface area contributed by atoms with Crippen LogP contribution in [0.5, 0.6) is 0 Å². The van der Waals surface area contributed by atoms with Gasteiger partial charge in [-0.3, -0.25) is 14.9 Å². The number of aliphatic hydroxyl groups excluding tert-OH is 1. The van der Waals surface area contributed by atoms with Crippen LogP contribution in [0.25, 0.3) is 5.69 Å². The zero-order valence-corrected chi connectivity index (χ0v) is 11.2. The second kappa shape index (κ2) is 5.68. The van der Waals surface area contributed by atoms with Crippen LogP contribution in [0.15, 0.2) is 30.5 Å². The van der Waals surface area contributed by atoms with Gasteiger partial charge in [-0.15, -0.1) is 0 Å². The van der Waals surface area contributed by atoms with Gasteiger partial charge in [-0.2, -0.15) is 18.3 Å². The Morgan fingerprint density at radius 1 is 1.35 bits per heavy atom. The summed E-state index contributed by atoms with van der Waals surface area (Å²) in [6.07, 6.45) is -6.55. The van der Waals surface area contributed by atoms with Crippen LogP contribution in [0.1, 0.15) is 22.2 Å². The highest BCUT2D eigenvalue weighted by molar-refractivity contribution is 5.94. The Morgan fingerprint density at radius 2 is 1.91 bits per heavy atom. The minimum absolute atomic E-state index is 0.152. The smallest absolute Gasteiger partial charge is 0.379 e. The van der Waals surface area contributed by atoms with Crippen molar-refractivity contribution < 1.29 is 28.0 Å². The Hall–Kier alpha value is -2.95. The summed E-state index contributed by atoms with van der Waals surface area (Å²) >= 11 is 0. The van der Waals surface area contributed by atoms with Crippen LogP contribution >= 0.6 is 0 Å². The summed E-state index contributed by atoms with van der Waals surface area (Å²) in [6.45, 7) is 0. The van der Waals surface area contributed by atoms with Crippen molar-refractivity contribution in [1.29, 1.82) is 0 Å². The summed E-state index contributed by atoms with van der Waals surface area (Å²) in [6, 6.07) is 4.30. The van der Waals surface area contributed by atoms with E-state index in [-0.39, 0.29) is 5.69 Å². The molecule has 1 atom stereocenters. The number of nitrogens with two attached hydrogens (primary N) is 1. The number of aromatic nitrogens is 2. The highest BCUT2D eigenvalue weighted by Crippen LogP contribution is 2.32. The number of amides is 1. The van der Waals surface area contributed by atoms with Crippen molar-refractivity contribution in [2.24, 2.45) is 5.73 Å². The number of rotatable bonds is 4. The standard InChI is InChI=1S/C12H9F3N4O4/c13-12(14,15)10(20)6-1-3-7(4-2-6)18-5-8(19(22)23)9(17-18)11(16)21/h1-5,10,20H,(H2,16,21). The minimum atomic E-state index is -4.81. The van der Waals surface area contributed by atoms with E-state index in [1.54, 1.807) is 0 Å². The predicted molar refractivity (Wildman–Crippen MR) is 69.8 cm³/mol. The maximum Gasteiger partial charge on any atom is 0.418 e. The Labute approximate surface area is 126 Å². The number of carbonyl (C=O) groups is 1. The zero-order valence-electron chi connectivity index (χ0n) is 11.2. The van der Waals surface area contributed by atoms with Gasteiger partial charge in [0.15, 0.2) is 6.10 Å². The van der Waals surface area contributed by atoms with Crippen LogP contribution in [0, 0.1) is 10.1 Å². The lowest BCUT2D eigenvalue weighted by atomic mass is 10.1. The molecule has 1 heterocycles. The lowest BCUT2D eigenvalue weighted by molar-refractivity contribution is -0.385. The number of hydrogen-bond donors (Lipinski definition) is 2. The summed E-state index contributed by atoms with van der Waals surface area (Å²) in [5.74, 6) is -1.11. The van der Waals surface area contributed by atoms with E-state index in [4.69, 9.17) is 10.8 Å². The van der Waals surface area contributed by atoms with Crippen molar-refractivity contribution in [1.82, 2.24) is 9.78 Å². The molecular weight excluding hydrogens is 321 g/mol. The molecule has 0 bridgehead atoms. The van der Waals surface area contributed by atoms with E-state index < -0.39 is 40.1 Å². The molecule has 122 valence electrons. The zero-order chi connectivity index (χ0) is 17.4. The number of nitrogens with zero attached hydrogens (tertiary/aromatic N) is 3. The molecule has 0 aliphatic heterocycles. The van der Waals surface area contributed by atoms with Gasteiger partial charge in [0, 0.05) is 0 Å². The number of aliphatic hydroxyl groups is 1. The monoisotopic (exact) mass is 330 g/mol. The molecule has 8 nitrogen and oxygen atoms in total. The van der Waals surface area contributed by atoms with Crippen LogP contribution in [-0.4, -0.2) is 31.9 Å². The summed E-state index contributed by atoms with van der Waals surface area (Å²) < 4.78 is 38.1. The molecule has 1 aromatic heterocycles. The average Bonchev–Trinajstić information content (AvgIpc) is 2.91. The van der Waals surface area contributed by atoms with Crippen molar-refractivity contribution >= 4 is 11.6 Å². The molecule has 1 amide bonds. The molecule has 2 rings (SSSR count). The summed E-state index contributed by atoms with van der Waals surface area (Å²) in [5.41, 5.74) is 3.52. The van der Waals surface area contributed by atoms with Crippen LogP contribution in [0.3, 0.4) is 0 Å². The number of benzene rings is 1. The average molecular weight is 330 g/mol. The molecule has 1 unspecified atom stereocenters. The lowest BCUT2D eigenvalue weighted by Gasteiger charge is -2.14. The van der Waals surface area contributed by atoms with Gasteiger partial charge in [-0.1, -0.05) is 12.1 Å². The number of hydrogen-bond acceptors (Lipinski definition) is 5. The molecule has 0 fully saturated rings. The van der Waals surface area contributed by atoms with Crippen LogP contribution < -0.4 is 5.73 Å². The Kier molecular flexibility index (Phi) is 4.06. The molecule has 0 aliphatic rings. The molecule has 3 N–H and O–H groups in total. The van der Waals surface area contributed by atoms with Gasteiger partial charge in [-0.25, -0.2) is 4.68 Å². The maximum absolute atomic E-state index is 12.4. The van der Waals surface area contributed by atoms with Gasteiger partial charge in [0.2, 0.25) is 5.69 Å². The molecule has 0 saturated heterocycles. The normalized spacial score (nSPS) is 12.9. The van der Waals surface area contributed by atoms with Gasteiger partial charge in [0.05, 0.1) is 10.6 Å². The SMILES string of the molecule is NC(=O)c1nn(-c2ccc(C(O)C(F)(F)F)cc2)cc1[N+](=O)[O-].